The van der Waals surface area contributed by atoms with Gasteiger partial charge in [0.2, 0.25) is 0 Å². The van der Waals surface area contributed by atoms with Crippen LogP contribution < -0.4 is 4.74 Å². The lowest BCUT2D eigenvalue weighted by Crippen LogP contribution is -2.02. The normalized spacial score (nSPS) is 9.93. The van der Waals surface area contributed by atoms with Gasteiger partial charge in [0.25, 0.3) is 0 Å². The van der Waals surface area contributed by atoms with Gasteiger partial charge in [0.15, 0.2) is 5.78 Å². The molecule has 76 valence electrons. The molecule has 0 aliphatic carbocycles. The number of methoxy groups -OCH3 is 1. The fraction of sp³-hybridized carbons (Fsp3) is 0.0833. The van der Waals surface area contributed by atoms with Crippen LogP contribution in [0.1, 0.15) is 15.9 Å². The smallest absolute Gasteiger partial charge is 0.197 e. The van der Waals surface area contributed by atoms with Crippen molar-refractivity contribution >= 4 is 17.1 Å². The summed E-state index contributed by atoms with van der Waals surface area (Å²) in [6.45, 7) is 0. The molecule has 0 spiro atoms. The second-order valence-corrected chi connectivity index (χ2v) is 3.82. The molecule has 0 unspecified atom stereocenters. The summed E-state index contributed by atoms with van der Waals surface area (Å²) in [5, 5.41) is 3.73. The van der Waals surface area contributed by atoms with Crippen molar-refractivity contribution in [2.45, 2.75) is 0 Å². The van der Waals surface area contributed by atoms with Gasteiger partial charge in [0, 0.05) is 10.9 Å². The number of thiophene rings is 1. The fourth-order valence-corrected chi connectivity index (χ4v) is 2.02. The van der Waals surface area contributed by atoms with Crippen LogP contribution in [-0.4, -0.2) is 12.9 Å². The summed E-state index contributed by atoms with van der Waals surface area (Å²) in [6, 6.07) is 9.07. The summed E-state index contributed by atoms with van der Waals surface area (Å²) in [6.07, 6.45) is 0. The largest absolute Gasteiger partial charge is 0.496 e. The van der Waals surface area contributed by atoms with Crippen molar-refractivity contribution in [3.63, 3.8) is 0 Å². The van der Waals surface area contributed by atoms with E-state index in [9.17, 15) is 4.79 Å². The standard InChI is InChI=1S/C12H10O2S/c1-14-11-5-3-2-4-10(11)12(13)9-6-7-15-8-9/h2-8H,1H3. The van der Waals surface area contributed by atoms with Crippen LogP contribution in [-0.2, 0) is 0 Å². The number of hydrogen-bond acceptors (Lipinski definition) is 3. The maximum Gasteiger partial charge on any atom is 0.197 e. The Balaban J connectivity index is 2.42. The van der Waals surface area contributed by atoms with Crippen molar-refractivity contribution in [3.05, 3.63) is 52.2 Å². The van der Waals surface area contributed by atoms with Crippen LogP contribution in [0.25, 0.3) is 0 Å². The van der Waals surface area contributed by atoms with E-state index in [-0.39, 0.29) is 5.78 Å². The lowest BCUT2D eigenvalue weighted by molar-refractivity contribution is 0.103. The Hall–Kier alpha value is -1.61. The van der Waals surface area contributed by atoms with Gasteiger partial charge in [0.1, 0.15) is 5.75 Å². The van der Waals surface area contributed by atoms with Crippen LogP contribution in [0.4, 0.5) is 0 Å². The summed E-state index contributed by atoms with van der Waals surface area (Å²) in [7, 11) is 1.57. The van der Waals surface area contributed by atoms with Crippen molar-refractivity contribution in [2.24, 2.45) is 0 Å². The predicted octanol–water partition coefficient (Wildman–Crippen LogP) is 2.99. The van der Waals surface area contributed by atoms with Gasteiger partial charge in [0.05, 0.1) is 12.7 Å². The van der Waals surface area contributed by atoms with Gasteiger partial charge < -0.3 is 4.74 Å². The Morgan fingerprint density at radius 2 is 2.07 bits per heavy atom. The van der Waals surface area contributed by atoms with Crippen molar-refractivity contribution in [1.29, 1.82) is 0 Å². The molecule has 0 saturated heterocycles. The Morgan fingerprint density at radius 1 is 1.27 bits per heavy atom. The van der Waals surface area contributed by atoms with Crippen LogP contribution in [0.2, 0.25) is 0 Å². The van der Waals surface area contributed by atoms with Gasteiger partial charge >= 0.3 is 0 Å². The van der Waals surface area contributed by atoms with Crippen molar-refractivity contribution < 1.29 is 9.53 Å². The molecular formula is C12H10O2S. The number of hydrogen-bond donors (Lipinski definition) is 0. The Kier molecular flexibility index (Phi) is 2.83. The Labute approximate surface area is 92.1 Å². The zero-order valence-corrected chi connectivity index (χ0v) is 9.08. The number of rotatable bonds is 3. The first-order chi connectivity index (χ1) is 7.33. The molecule has 2 rings (SSSR count). The summed E-state index contributed by atoms with van der Waals surface area (Å²) in [4.78, 5) is 12.0. The van der Waals surface area contributed by atoms with E-state index in [1.54, 1.807) is 19.2 Å². The molecule has 15 heavy (non-hydrogen) atoms. The second kappa shape index (κ2) is 4.28. The minimum absolute atomic E-state index is 0.00806. The summed E-state index contributed by atoms with van der Waals surface area (Å²) >= 11 is 1.51. The monoisotopic (exact) mass is 218 g/mol. The van der Waals surface area contributed by atoms with E-state index in [2.05, 4.69) is 0 Å². The average Bonchev–Trinajstić information content (AvgIpc) is 2.81. The number of ketones is 1. The van der Waals surface area contributed by atoms with E-state index in [1.165, 1.54) is 11.3 Å². The highest BCUT2D eigenvalue weighted by Gasteiger charge is 2.13. The van der Waals surface area contributed by atoms with Gasteiger partial charge in [-0.2, -0.15) is 11.3 Å². The molecule has 0 atom stereocenters. The van der Waals surface area contributed by atoms with Gasteiger partial charge in [-0.15, -0.1) is 0 Å². The van der Waals surface area contributed by atoms with E-state index >= 15 is 0 Å². The molecule has 0 radical (unpaired) electrons. The van der Waals surface area contributed by atoms with Crippen molar-refractivity contribution in [3.8, 4) is 5.75 Å². The van der Waals surface area contributed by atoms with Crippen molar-refractivity contribution in [2.75, 3.05) is 7.11 Å². The van der Waals surface area contributed by atoms with E-state index in [0.29, 0.717) is 16.9 Å². The zero-order valence-electron chi connectivity index (χ0n) is 8.27. The highest BCUT2D eigenvalue weighted by atomic mass is 32.1. The molecule has 2 aromatic rings. The van der Waals surface area contributed by atoms with E-state index in [0.717, 1.165) is 0 Å². The minimum atomic E-state index is 0.00806. The van der Waals surface area contributed by atoms with Crippen LogP contribution >= 0.6 is 11.3 Å². The Morgan fingerprint density at radius 3 is 2.73 bits per heavy atom. The average molecular weight is 218 g/mol. The minimum Gasteiger partial charge on any atom is -0.496 e. The first-order valence-corrected chi connectivity index (χ1v) is 5.47. The molecule has 0 fully saturated rings. The lowest BCUT2D eigenvalue weighted by Gasteiger charge is -2.05. The first kappa shape index (κ1) is 9.93. The molecule has 2 nitrogen and oxygen atoms in total. The number of ether oxygens (including phenoxy) is 1. The van der Waals surface area contributed by atoms with Crippen LogP contribution in [0, 0.1) is 0 Å². The maximum absolute atomic E-state index is 12.0. The quantitative estimate of drug-likeness (QED) is 0.740. The molecule has 0 saturated carbocycles. The van der Waals surface area contributed by atoms with E-state index in [1.807, 2.05) is 29.0 Å². The summed E-state index contributed by atoms with van der Waals surface area (Å²) in [5.41, 5.74) is 1.32. The van der Waals surface area contributed by atoms with Gasteiger partial charge in [-0.1, -0.05) is 12.1 Å². The highest BCUT2D eigenvalue weighted by molar-refractivity contribution is 7.08. The van der Waals surface area contributed by atoms with E-state index in [4.69, 9.17) is 4.74 Å². The third-order valence-corrected chi connectivity index (χ3v) is 2.82. The molecule has 0 aliphatic heterocycles. The molecule has 1 heterocycles. The topological polar surface area (TPSA) is 26.3 Å². The number of carbonyl (C=O) groups excluding carboxylic acids is 1. The predicted molar refractivity (Wildman–Crippen MR) is 60.7 cm³/mol. The Bertz CT molecular complexity index is 460. The molecule has 1 aromatic carbocycles. The van der Waals surface area contributed by atoms with Crippen LogP contribution in [0.3, 0.4) is 0 Å². The third kappa shape index (κ3) is 1.92. The van der Waals surface area contributed by atoms with Crippen LogP contribution in [0.5, 0.6) is 5.75 Å². The molecule has 0 amide bonds. The van der Waals surface area contributed by atoms with Crippen molar-refractivity contribution in [1.82, 2.24) is 0 Å². The second-order valence-electron chi connectivity index (χ2n) is 3.04. The molecule has 0 bridgehead atoms. The number of para-hydroxylation sites is 1. The number of benzene rings is 1. The van der Waals surface area contributed by atoms with Gasteiger partial charge in [-0.05, 0) is 23.6 Å². The SMILES string of the molecule is COc1ccccc1C(=O)c1ccsc1. The molecule has 1 aromatic heterocycles. The van der Waals surface area contributed by atoms with Gasteiger partial charge in [-0.3, -0.25) is 4.79 Å². The summed E-state index contributed by atoms with van der Waals surface area (Å²) in [5.74, 6) is 0.627. The summed E-state index contributed by atoms with van der Waals surface area (Å²) < 4.78 is 5.15. The highest BCUT2D eigenvalue weighted by Crippen LogP contribution is 2.21. The zero-order chi connectivity index (χ0) is 10.7. The third-order valence-electron chi connectivity index (χ3n) is 2.13. The van der Waals surface area contributed by atoms with Gasteiger partial charge in [-0.25, -0.2) is 0 Å². The molecule has 3 heteroatoms. The lowest BCUT2D eigenvalue weighted by atomic mass is 10.1. The maximum atomic E-state index is 12.0. The van der Waals surface area contributed by atoms with E-state index < -0.39 is 0 Å². The molecule has 0 aliphatic rings. The fourth-order valence-electron chi connectivity index (χ4n) is 1.38. The van der Waals surface area contributed by atoms with Crippen LogP contribution in [0.15, 0.2) is 41.1 Å². The number of carbonyl (C=O) groups is 1. The molecular weight excluding hydrogens is 208 g/mol. The molecule has 0 N–H and O–H groups in total. The first-order valence-electron chi connectivity index (χ1n) is 4.53.